The maximum Gasteiger partial charge on any atom is 0.339 e. The number of ether oxygens (including phenoxy) is 1. The highest BCUT2D eigenvalue weighted by atomic mass is 32.1. The average Bonchev–Trinajstić information content (AvgIpc) is 2.95. The molecule has 0 fully saturated rings. The molecule has 1 atom stereocenters. The Morgan fingerprint density at radius 3 is 2.70 bits per heavy atom. The van der Waals surface area contributed by atoms with Gasteiger partial charge in [-0.3, -0.25) is 4.98 Å². The van der Waals surface area contributed by atoms with Gasteiger partial charge in [-0.1, -0.05) is 6.92 Å². The molecule has 3 aromatic rings. The molecule has 0 bridgehead atoms. The van der Waals surface area contributed by atoms with Crippen molar-refractivity contribution in [3.05, 3.63) is 64.3 Å². The van der Waals surface area contributed by atoms with E-state index in [-0.39, 0.29) is 11.9 Å². The van der Waals surface area contributed by atoms with Crippen LogP contribution in [0.15, 0.2) is 42.0 Å². The van der Waals surface area contributed by atoms with Gasteiger partial charge in [-0.15, -0.1) is 11.3 Å². The second kappa shape index (κ2) is 6.50. The number of carbonyl (C=O) groups is 1. The summed E-state index contributed by atoms with van der Waals surface area (Å²) >= 11 is 1.60. The quantitative estimate of drug-likeness (QED) is 0.638. The molecular weight excluding hydrogens is 306 g/mol. The fraction of sp³-hybridized carbons (Fsp3) is 0.263. The Balaban J connectivity index is 2.14. The largest absolute Gasteiger partial charge is 0.462 e. The summed E-state index contributed by atoms with van der Waals surface area (Å²) in [6, 6.07) is 8.19. The van der Waals surface area contributed by atoms with Gasteiger partial charge in [0.15, 0.2) is 0 Å². The maximum absolute atomic E-state index is 12.4. The molecule has 0 aliphatic rings. The zero-order valence-electron chi connectivity index (χ0n) is 13.5. The van der Waals surface area contributed by atoms with E-state index < -0.39 is 0 Å². The summed E-state index contributed by atoms with van der Waals surface area (Å²) in [5, 5.41) is 3.23. The van der Waals surface area contributed by atoms with Crippen LogP contribution in [0, 0.1) is 6.92 Å². The fourth-order valence-electron chi connectivity index (χ4n) is 2.74. The Morgan fingerprint density at radius 2 is 2.00 bits per heavy atom. The van der Waals surface area contributed by atoms with E-state index in [1.165, 1.54) is 11.1 Å². The zero-order valence-corrected chi connectivity index (χ0v) is 14.3. The number of hydrogen-bond donors (Lipinski definition) is 0. The number of fused-ring (bicyclic) bond motifs is 1. The summed E-state index contributed by atoms with van der Waals surface area (Å²) in [6.45, 7) is 6.44. The molecule has 1 unspecified atom stereocenters. The molecule has 1 aromatic carbocycles. The van der Waals surface area contributed by atoms with Gasteiger partial charge in [0.1, 0.15) is 0 Å². The summed E-state index contributed by atoms with van der Waals surface area (Å²) in [4.78, 5) is 16.4. The van der Waals surface area contributed by atoms with Crippen molar-refractivity contribution in [3.8, 4) is 0 Å². The minimum absolute atomic E-state index is 0.190. The van der Waals surface area contributed by atoms with Crippen LogP contribution in [-0.2, 0) is 4.74 Å². The lowest BCUT2D eigenvalue weighted by Gasteiger charge is -2.14. The molecule has 0 radical (unpaired) electrons. The van der Waals surface area contributed by atoms with Crippen molar-refractivity contribution < 1.29 is 9.53 Å². The summed E-state index contributed by atoms with van der Waals surface area (Å²) in [5.74, 6) is -0.0574. The molecule has 118 valence electrons. The predicted octanol–water partition coefficient (Wildman–Crippen LogP) is 4.93. The van der Waals surface area contributed by atoms with Crippen LogP contribution < -0.4 is 0 Å². The third kappa shape index (κ3) is 2.99. The summed E-state index contributed by atoms with van der Waals surface area (Å²) in [6.07, 6.45) is 3.60. The lowest BCUT2D eigenvalue weighted by molar-refractivity contribution is 0.0529. The third-order valence-electron chi connectivity index (χ3n) is 4.09. The molecule has 23 heavy (non-hydrogen) atoms. The van der Waals surface area contributed by atoms with Gasteiger partial charge < -0.3 is 4.74 Å². The first-order valence-corrected chi connectivity index (χ1v) is 8.58. The summed E-state index contributed by atoms with van der Waals surface area (Å²) in [5.41, 5.74) is 4.16. The van der Waals surface area contributed by atoms with Crippen LogP contribution in [0.4, 0.5) is 0 Å². The Bertz CT molecular complexity index is 839. The molecule has 0 spiro atoms. The Hall–Kier alpha value is -2.20. The van der Waals surface area contributed by atoms with E-state index >= 15 is 0 Å². The van der Waals surface area contributed by atoms with Crippen molar-refractivity contribution in [2.24, 2.45) is 0 Å². The van der Waals surface area contributed by atoms with Crippen molar-refractivity contribution in [2.75, 3.05) is 6.61 Å². The second-order valence-corrected chi connectivity index (χ2v) is 6.47. The molecule has 0 aliphatic heterocycles. The van der Waals surface area contributed by atoms with Crippen LogP contribution in [-0.4, -0.2) is 17.6 Å². The van der Waals surface area contributed by atoms with Crippen molar-refractivity contribution in [2.45, 2.75) is 26.7 Å². The molecule has 0 saturated carbocycles. The van der Waals surface area contributed by atoms with Gasteiger partial charge in [-0.25, -0.2) is 4.79 Å². The zero-order chi connectivity index (χ0) is 16.4. The highest BCUT2D eigenvalue weighted by molar-refractivity contribution is 7.17. The van der Waals surface area contributed by atoms with Crippen molar-refractivity contribution >= 4 is 27.4 Å². The standard InChI is InChI=1S/C19H19NO2S/c1-4-22-19(21)17-10-15(9-16-12(2)11-23-18(16)17)13(3)14-5-7-20-8-6-14/h5-11,13H,4H2,1-3H3. The van der Waals surface area contributed by atoms with Crippen molar-refractivity contribution in [1.82, 2.24) is 4.98 Å². The minimum Gasteiger partial charge on any atom is -0.462 e. The first kappa shape index (κ1) is 15.7. The van der Waals surface area contributed by atoms with Gasteiger partial charge in [0, 0.05) is 23.0 Å². The van der Waals surface area contributed by atoms with Gasteiger partial charge in [0.05, 0.1) is 12.2 Å². The number of rotatable bonds is 4. The van der Waals surface area contributed by atoms with E-state index in [9.17, 15) is 4.79 Å². The minimum atomic E-state index is -0.247. The SMILES string of the molecule is CCOC(=O)c1cc(C(C)c2ccncc2)cc2c(C)csc12. The van der Waals surface area contributed by atoms with Crippen LogP contribution >= 0.6 is 11.3 Å². The monoisotopic (exact) mass is 325 g/mol. The molecule has 0 N–H and O–H groups in total. The van der Waals surface area contributed by atoms with Crippen LogP contribution in [0.1, 0.15) is 46.8 Å². The maximum atomic E-state index is 12.4. The number of hydrogen-bond acceptors (Lipinski definition) is 4. The Morgan fingerprint density at radius 1 is 1.26 bits per heavy atom. The molecule has 3 nitrogen and oxygen atoms in total. The highest BCUT2D eigenvalue weighted by Crippen LogP contribution is 2.34. The molecule has 2 aromatic heterocycles. The van der Waals surface area contributed by atoms with Crippen molar-refractivity contribution in [3.63, 3.8) is 0 Å². The smallest absolute Gasteiger partial charge is 0.339 e. The molecule has 0 saturated heterocycles. The van der Waals surface area contributed by atoms with Crippen molar-refractivity contribution in [1.29, 1.82) is 0 Å². The van der Waals surface area contributed by atoms with Gasteiger partial charge in [-0.05, 0) is 65.6 Å². The molecular formula is C19H19NO2S. The number of esters is 1. The van der Waals surface area contributed by atoms with E-state index in [0.29, 0.717) is 12.2 Å². The van der Waals surface area contributed by atoms with Crippen LogP contribution in [0.2, 0.25) is 0 Å². The van der Waals surface area contributed by atoms with E-state index in [4.69, 9.17) is 4.74 Å². The molecule has 2 heterocycles. The molecule has 3 rings (SSSR count). The molecule has 0 aliphatic carbocycles. The average molecular weight is 325 g/mol. The summed E-state index contributed by atoms with van der Waals surface area (Å²) in [7, 11) is 0. The van der Waals surface area contributed by atoms with Gasteiger partial charge in [0.2, 0.25) is 0 Å². The number of pyridine rings is 1. The van der Waals surface area contributed by atoms with Gasteiger partial charge in [-0.2, -0.15) is 0 Å². The predicted molar refractivity (Wildman–Crippen MR) is 94.3 cm³/mol. The lowest BCUT2D eigenvalue weighted by atomic mass is 9.91. The van der Waals surface area contributed by atoms with E-state index in [1.54, 1.807) is 23.7 Å². The second-order valence-electron chi connectivity index (χ2n) is 5.59. The van der Waals surface area contributed by atoms with E-state index in [0.717, 1.165) is 15.6 Å². The Kier molecular flexibility index (Phi) is 4.44. The molecule has 0 amide bonds. The molecule has 4 heteroatoms. The highest BCUT2D eigenvalue weighted by Gasteiger charge is 2.18. The number of aryl methyl sites for hydroxylation is 1. The topological polar surface area (TPSA) is 39.2 Å². The normalized spacial score (nSPS) is 12.3. The van der Waals surface area contributed by atoms with Crippen LogP contribution in [0.5, 0.6) is 0 Å². The third-order valence-corrected chi connectivity index (χ3v) is 5.24. The van der Waals surface area contributed by atoms with E-state index in [1.807, 2.05) is 25.1 Å². The first-order chi connectivity index (χ1) is 11.1. The number of carbonyl (C=O) groups excluding carboxylic acids is 1. The van der Waals surface area contributed by atoms with E-state index in [2.05, 4.69) is 30.3 Å². The van der Waals surface area contributed by atoms with Gasteiger partial charge in [0.25, 0.3) is 0 Å². The number of aromatic nitrogens is 1. The lowest BCUT2D eigenvalue weighted by Crippen LogP contribution is -2.06. The summed E-state index contributed by atoms with van der Waals surface area (Å²) < 4.78 is 6.25. The van der Waals surface area contributed by atoms with Crippen LogP contribution in [0.25, 0.3) is 10.1 Å². The van der Waals surface area contributed by atoms with Crippen LogP contribution in [0.3, 0.4) is 0 Å². The number of benzene rings is 1. The van der Waals surface area contributed by atoms with Gasteiger partial charge >= 0.3 is 5.97 Å². The number of nitrogens with zero attached hydrogens (tertiary/aromatic N) is 1. The first-order valence-electron chi connectivity index (χ1n) is 7.70. The fourth-order valence-corrected chi connectivity index (χ4v) is 3.77. The Labute approximate surface area is 139 Å². The number of thiophene rings is 1.